The van der Waals surface area contributed by atoms with E-state index in [2.05, 4.69) is 15.0 Å². The molecule has 2 amide bonds. The maximum atomic E-state index is 12.5. The zero-order valence-corrected chi connectivity index (χ0v) is 13.0. The van der Waals surface area contributed by atoms with Crippen molar-refractivity contribution in [3.63, 3.8) is 0 Å². The van der Waals surface area contributed by atoms with Crippen molar-refractivity contribution in [3.8, 4) is 10.8 Å². The van der Waals surface area contributed by atoms with Crippen LogP contribution in [0.15, 0.2) is 23.8 Å². The van der Waals surface area contributed by atoms with Crippen molar-refractivity contribution in [1.82, 2.24) is 19.9 Å². The van der Waals surface area contributed by atoms with Gasteiger partial charge in [0.15, 0.2) is 10.8 Å². The first-order chi connectivity index (χ1) is 10.6. The van der Waals surface area contributed by atoms with Crippen LogP contribution in [0.5, 0.6) is 0 Å². The van der Waals surface area contributed by atoms with E-state index < -0.39 is 5.91 Å². The molecule has 116 valence electrons. The van der Waals surface area contributed by atoms with Gasteiger partial charge in [0.25, 0.3) is 5.91 Å². The van der Waals surface area contributed by atoms with Gasteiger partial charge in [0.2, 0.25) is 5.91 Å². The quantitative estimate of drug-likeness (QED) is 0.829. The van der Waals surface area contributed by atoms with E-state index in [4.69, 9.17) is 5.73 Å². The van der Waals surface area contributed by atoms with Gasteiger partial charge in [0.05, 0.1) is 6.54 Å². The van der Waals surface area contributed by atoms with E-state index in [0.717, 1.165) is 12.8 Å². The number of thiazole rings is 1. The lowest BCUT2D eigenvalue weighted by Gasteiger charge is -2.19. The molecular formula is C14H17N5O2S. The van der Waals surface area contributed by atoms with Gasteiger partial charge in [0, 0.05) is 24.3 Å². The highest BCUT2D eigenvalue weighted by molar-refractivity contribution is 7.13. The third kappa shape index (κ3) is 4.08. The van der Waals surface area contributed by atoms with Crippen molar-refractivity contribution in [2.24, 2.45) is 5.73 Å². The van der Waals surface area contributed by atoms with E-state index in [1.807, 2.05) is 6.92 Å². The standard InChI is InChI=1S/C14H17N5O2S/c1-2-3-7-19(8-11(15)20)14(21)10-9-22-13(18-10)12-16-5-4-6-17-12/h4-6,9H,2-3,7-8H2,1H3,(H2,15,20). The zero-order valence-electron chi connectivity index (χ0n) is 12.2. The number of rotatable bonds is 7. The molecule has 8 heteroatoms. The van der Waals surface area contributed by atoms with E-state index in [9.17, 15) is 9.59 Å². The predicted molar refractivity (Wildman–Crippen MR) is 83.1 cm³/mol. The number of carbonyl (C=O) groups excluding carboxylic acids is 2. The van der Waals surface area contributed by atoms with Crippen molar-refractivity contribution >= 4 is 23.2 Å². The SMILES string of the molecule is CCCCN(CC(N)=O)C(=O)c1csc(-c2ncccn2)n1. The van der Waals surface area contributed by atoms with Crippen LogP contribution in [0, 0.1) is 0 Å². The van der Waals surface area contributed by atoms with Crippen LogP contribution < -0.4 is 5.73 Å². The number of nitrogens with two attached hydrogens (primary N) is 1. The number of hydrogen-bond donors (Lipinski definition) is 1. The van der Waals surface area contributed by atoms with Crippen molar-refractivity contribution < 1.29 is 9.59 Å². The molecule has 0 aliphatic heterocycles. The minimum atomic E-state index is -0.536. The van der Waals surface area contributed by atoms with Crippen LogP contribution in [0.3, 0.4) is 0 Å². The molecular weight excluding hydrogens is 302 g/mol. The summed E-state index contributed by atoms with van der Waals surface area (Å²) in [7, 11) is 0. The van der Waals surface area contributed by atoms with Gasteiger partial charge in [-0.1, -0.05) is 13.3 Å². The van der Waals surface area contributed by atoms with Gasteiger partial charge in [0.1, 0.15) is 5.69 Å². The lowest BCUT2D eigenvalue weighted by molar-refractivity contribution is -0.118. The summed E-state index contributed by atoms with van der Waals surface area (Å²) in [6, 6.07) is 1.71. The van der Waals surface area contributed by atoms with Crippen LogP contribution >= 0.6 is 11.3 Å². The Morgan fingerprint density at radius 2 is 2.05 bits per heavy atom. The molecule has 0 unspecified atom stereocenters. The first-order valence-electron chi connectivity index (χ1n) is 6.92. The Kier molecular flexibility index (Phi) is 5.54. The highest BCUT2D eigenvalue weighted by Crippen LogP contribution is 2.20. The number of amides is 2. The first-order valence-corrected chi connectivity index (χ1v) is 7.80. The monoisotopic (exact) mass is 319 g/mol. The summed E-state index contributed by atoms with van der Waals surface area (Å²) in [5.41, 5.74) is 5.49. The minimum Gasteiger partial charge on any atom is -0.368 e. The average molecular weight is 319 g/mol. The van der Waals surface area contributed by atoms with E-state index in [1.54, 1.807) is 23.8 Å². The third-order valence-electron chi connectivity index (χ3n) is 2.90. The molecule has 0 spiro atoms. The van der Waals surface area contributed by atoms with Crippen LogP contribution in [0.4, 0.5) is 0 Å². The normalized spacial score (nSPS) is 10.4. The second-order valence-corrected chi connectivity index (χ2v) is 5.51. The predicted octanol–water partition coefficient (Wildman–Crippen LogP) is 1.33. The van der Waals surface area contributed by atoms with Crippen LogP contribution in [-0.2, 0) is 4.79 Å². The van der Waals surface area contributed by atoms with Crippen molar-refractivity contribution in [3.05, 3.63) is 29.5 Å². The number of carbonyl (C=O) groups is 2. The van der Waals surface area contributed by atoms with Crippen molar-refractivity contribution in [1.29, 1.82) is 0 Å². The molecule has 0 aromatic carbocycles. The van der Waals surface area contributed by atoms with Crippen LogP contribution in [0.1, 0.15) is 30.3 Å². The molecule has 0 radical (unpaired) electrons. The van der Waals surface area contributed by atoms with E-state index in [-0.39, 0.29) is 18.1 Å². The van der Waals surface area contributed by atoms with E-state index in [0.29, 0.717) is 17.4 Å². The van der Waals surface area contributed by atoms with Gasteiger partial charge < -0.3 is 10.6 Å². The van der Waals surface area contributed by atoms with Gasteiger partial charge in [-0.15, -0.1) is 11.3 Å². The molecule has 7 nitrogen and oxygen atoms in total. The summed E-state index contributed by atoms with van der Waals surface area (Å²) in [6.07, 6.45) is 4.96. The summed E-state index contributed by atoms with van der Waals surface area (Å²) >= 11 is 1.29. The summed E-state index contributed by atoms with van der Waals surface area (Å²) in [5, 5.41) is 2.21. The topological polar surface area (TPSA) is 102 Å². The largest absolute Gasteiger partial charge is 0.368 e. The minimum absolute atomic E-state index is 0.104. The lowest BCUT2D eigenvalue weighted by atomic mass is 10.3. The fraction of sp³-hybridized carbons (Fsp3) is 0.357. The molecule has 2 aromatic rings. The second-order valence-electron chi connectivity index (χ2n) is 4.66. The summed E-state index contributed by atoms with van der Waals surface area (Å²) < 4.78 is 0. The molecule has 22 heavy (non-hydrogen) atoms. The van der Waals surface area contributed by atoms with Gasteiger partial charge >= 0.3 is 0 Å². The fourth-order valence-corrected chi connectivity index (χ4v) is 2.57. The molecule has 0 aliphatic carbocycles. The highest BCUT2D eigenvalue weighted by Gasteiger charge is 2.20. The maximum Gasteiger partial charge on any atom is 0.273 e. The fourth-order valence-electron chi connectivity index (χ4n) is 1.84. The van der Waals surface area contributed by atoms with E-state index in [1.165, 1.54) is 16.2 Å². The highest BCUT2D eigenvalue weighted by atomic mass is 32.1. The molecule has 2 aromatic heterocycles. The van der Waals surface area contributed by atoms with Crippen LogP contribution in [0.2, 0.25) is 0 Å². The Labute approximate surface area is 132 Å². The Bertz CT molecular complexity index is 644. The molecule has 2 heterocycles. The zero-order chi connectivity index (χ0) is 15.9. The summed E-state index contributed by atoms with van der Waals surface area (Å²) in [6.45, 7) is 2.39. The number of primary amides is 1. The van der Waals surface area contributed by atoms with Gasteiger partial charge in [-0.25, -0.2) is 15.0 Å². The van der Waals surface area contributed by atoms with Crippen LogP contribution in [-0.4, -0.2) is 44.8 Å². The van der Waals surface area contributed by atoms with Gasteiger partial charge in [-0.05, 0) is 12.5 Å². The van der Waals surface area contributed by atoms with E-state index >= 15 is 0 Å². The first kappa shape index (κ1) is 16.0. The second kappa shape index (κ2) is 7.60. The smallest absolute Gasteiger partial charge is 0.273 e. The summed E-state index contributed by atoms with van der Waals surface area (Å²) in [5.74, 6) is -0.362. The number of unbranched alkanes of at least 4 members (excludes halogenated alkanes) is 1. The number of aromatic nitrogens is 3. The maximum absolute atomic E-state index is 12.5. The Morgan fingerprint density at radius 3 is 2.68 bits per heavy atom. The molecule has 2 rings (SSSR count). The molecule has 0 atom stereocenters. The molecule has 0 bridgehead atoms. The van der Waals surface area contributed by atoms with Crippen molar-refractivity contribution in [2.75, 3.05) is 13.1 Å². The molecule has 0 aliphatic rings. The molecule has 0 saturated heterocycles. The van der Waals surface area contributed by atoms with Gasteiger partial charge in [-0.3, -0.25) is 9.59 Å². The third-order valence-corrected chi connectivity index (χ3v) is 3.73. The van der Waals surface area contributed by atoms with Gasteiger partial charge in [-0.2, -0.15) is 0 Å². The Morgan fingerprint density at radius 1 is 1.32 bits per heavy atom. The van der Waals surface area contributed by atoms with Crippen molar-refractivity contribution in [2.45, 2.75) is 19.8 Å². The Hall–Kier alpha value is -2.35. The van der Waals surface area contributed by atoms with Crippen LogP contribution in [0.25, 0.3) is 10.8 Å². The number of nitrogens with zero attached hydrogens (tertiary/aromatic N) is 4. The molecule has 2 N–H and O–H groups in total. The Balaban J connectivity index is 2.16. The lowest BCUT2D eigenvalue weighted by Crippen LogP contribution is -2.39. The number of hydrogen-bond acceptors (Lipinski definition) is 6. The average Bonchev–Trinajstić information content (AvgIpc) is 3.01. The molecule has 0 fully saturated rings. The molecule has 0 saturated carbocycles. The summed E-state index contributed by atoms with van der Waals surface area (Å²) in [4.78, 5) is 37.5.